The predicted octanol–water partition coefficient (Wildman–Crippen LogP) is 5.96. The minimum absolute atomic E-state index is 0.0296. The van der Waals surface area contributed by atoms with Crippen LogP contribution in [0.1, 0.15) is 75.6 Å². The fourth-order valence-electron chi connectivity index (χ4n) is 4.22. The Morgan fingerprint density at radius 3 is 2.39 bits per heavy atom. The Morgan fingerprint density at radius 2 is 1.79 bits per heavy atom. The van der Waals surface area contributed by atoms with Crippen molar-refractivity contribution in [2.45, 2.75) is 58.9 Å². The molecule has 5 nitrogen and oxygen atoms in total. The normalized spacial score (nSPS) is 17.8. The Balaban J connectivity index is 2.14. The molecule has 1 fully saturated rings. The van der Waals surface area contributed by atoms with Gasteiger partial charge >= 0.3 is 0 Å². The maximum absolute atomic E-state index is 13.6. The largest absolute Gasteiger partial charge is 0.507 e. The summed E-state index contributed by atoms with van der Waals surface area (Å²) in [7, 11) is 0. The van der Waals surface area contributed by atoms with Gasteiger partial charge in [-0.3, -0.25) is 9.59 Å². The summed E-state index contributed by atoms with van der Waals surface area (Å²) in [6, 6.07) is 10.2. The third kappa shape index (κ3) is 5.10. The molecule has 1 heterocycles. The van der Waals surface area contributed by atoms with Crippen molar-refractivity contribution in [1.29, 1.82) is 0 Å². The van der Waals surface area contributed by atoms with Crippen molar-refractivity contribution < 1.29 is 23.8 Å². The molecular formula is C27H32FNO4. The molecule has 1 aliphatic rings. The summed E-state index contributed by atoms with van der Waals surface area (Å²) in [6.07, 6.45) is 2.62. The molecule has 0 aliphatic carbocycles. The van der Waals surface area contributed by atoms with Crippen LogP contribution in [0.25, 0.3) is 5.76 Å². The van der Waals surface area contributed by atoms with Crippen LogP contribution < -0.4 is 4.74 Å². The van der Waals surface area contributed by atoms with E-state index in [4.69, 9.17) is 4.74 Å². The number of halogens is 1. The van der Waals surface area contributed by atoms with E-state index in [1.165, 1.54) is 17.0 Å². The van der Waals surface area contributed by atoms with E-state index in [2.05, 4.69) is 6.92 Å². The van der Waals surface area contributed by atoms with Gasteiger partial charge in [0.25, 0.3) is 11.7 Å². The van der Waals surface area contributed by atoms with E-state index < -0.39 is 23.5 Å². The van der Waals surface area contributed by atoms with Crippen LogP contribution >= 0.6 is 0 Å². The SMILES string of the molecule is CCCCCN1C(=O)C(=O)/C(=C(\O)c2ccc(OCC)c(C(C)C)c2)C1c1ccc(F)cc1. The van der Waals surface area contributed by atoms with E-state index in [0.717, 1.165) is 30.6 Å². The maximum Gasteiger partial charge on any atom is 0.295 e. The van der Waals surface area contributed by atoms with Gasteiger partial charge in [0.05, 0.1) is 18.2 Å². The zero-order valence-electron chi connectivity index (χ0n) is 19.7. The fraction of sp³-hybridized carbons (Fsp3) is 0.407. The summed E-state index contributed by atoms with van der Waals surface area (Å²) in [6.45, 7) is 8.90. The van der Waals surface area contributed by atoms with Crippen molar-refractivity contribution in [3.8, 4) is 5.75 Å². The lowest BCUT2D eigenvalue weighted by Crippen LogP contribution is -2.30. The summed E-state index contributed by atoms with van der Waals surface area (Å²) in [5.74, 6) is -1.15. The Hall–Kier alpha value is -3.15. The minimum Gasteiger partial charge on any atom is -0.507 e. The molecule has 0 aromatic heterocycles. The highest BCUT2D eigenvalue weighted by atomic mass is 19.1. The Kier molecular flexibility index (Phi) is 7.90. The Bertz CT molecular complexity index is 1040. The number of nitrogens with zero attached hydrogens (tertiary/aromatic N) is 1. The molecule has 3 rings (SSSR count). The van der Waals surface area contributed by atoms with Crippen molar-refractivity contribution in [3.63, 3.8) is 0 Å². The van der Waals surface area contributed by atoms with Crippen LogP contribution in [0.15, 0.2) is 48.0 Å². The number of ether oxygens (including phenoxy) is 1. The molecule has 6 heteroatoms. The second-order valence-corrected chi connectivity index (χ2v) is 8.59. The molecule has 33 heavy (non-hydrogen) atoms. The van der Waals surface area contributed by atoms with Gasteiger partial charge < -0.3 is 14.7 Å². The number of aliphatic hydroxyl groups is 1. The standard InChI is InChI=1S/C27H32FNO4/c1-5-7-8-15-29-24(18-9-12-20(28)13-10-18)23(26(31)27(29)32)25(30)19-11-14-22(33-6-2)21(16-19)17(3)4/h9-14,16-17,24,30H,5-8,15H2,1-4H3/b25-23-. The highest BCUT2D eigenvalue weighted by molar-refractivity contribution is 6.46. The monoisotopic (exact) mass is 453 g/mol. The van der Waals surface area contributed by atoms with Crippen molar-refractivity contribution in [3.05, 3.63) is 70.5 Å². The lowest BCUT2D eigenvalue weighted by atomic mass is 9.93. The first-order valence-corrected chi connectivity index (χ1v) is 11.6. The van der Waals surface area contributed by atoms with Gasteiger partial charge in [0.2, 0.25) is 0 Å². The quantitative estimate of drug-likeness (QED) is 0.220. The van der Waals surface area contributed by atoms with E-state index >= 15 is 0 Å². The summed E-state index contributed by atoms with van der Waals surface area (Å²) < 4.78 is 19.3. The fourth-order valence-corrected chi connectivity index (χ4v) is 4.22. The number of carbonyl (C=O) groups excluding carboxylic acids is 2. The third-order valence-corrected chi connectivity index (χ3v) is 5.93. The number of hydrogen-bond acceptors (Lipinski definition) is 4. The first-order valence-electron chi connectivity index (χ1n) is 11.6. The van der Waals surface area contributed by atoms with E-state index in [1.54, 1.807) is 30.3 Å². The molecule has 1 amide bonds. The molecule has 1 N–H and O–H groups in total. The van der Waals surface area contributed by atoms with Gasteiger partial charge in [-0.2, -0.15) is 0 Å². The van der Waals surface area contributed by atoms with Crippen LogP contribution in [0, 0.1) is 5.82 Å². The van der Waals surface area contributed by atoms with Gasteiger partial charge in [0, 0.05) is 12.1 Å². The highest BCUT2D eigenvalue weighted by Crippen LogP contribution is 2.40. The van der Waals surface area contributed by atoms with Crippen molar-refractivity contribution in [1.82, 2.24) is 4.90 Å². The number of unbranched alkanes of at least 4 members (excludes halogenated alkanes) is 2. The number of amides is 1. The van der Waals surface area contributed by atoms with E-state index in [0.29, 0.717) is 24.3 Å². The van der Waals surface area contributed by atoms with Gasteiger partial charge in [-0.15, -0.1) is 0 Å². The van der Waals surface area contributed by atoms with E-state index in [9.17, 15) is 19.1 Å². The lowest BCUT2D eigenvalue weighted by Gasteiger charge is -2.25. The number of benzene rings is 2. The molecule has 2 aromatic carbocycles. The lowest BCUT2D eigenvalue weighted by molar-refractivity contribution is -0.139. The molecule has 2 aromatic rings. The van der Waals surface area contributed by atoms with Gasteiger partial charge in [-0.1, -0.05) is 45.7 Å². The average molecular weight is 454 g/mol. The number of carbonyl (C=O) groups is 2. The maximum atomic E-state index is 13.6. The van der Waals surface area contributed by atoms with Gasteiger partial charge in [0.1, 0.15) is 17.3 Å². The number of Topliss-reactive ketones (excluding diaryl/α,β-unsaturated/α-hetero) is 1. The minimum atomic E-state index is -0.767. The van der Waals surface area contributed by atoms with Gasteiger partial charge in [0.15, 0.2) is 0 Å². The second-order valence-electron chi connectivity index (χ2n) is 8.59. The number of aliphatic hydroxyl groups excluding tert-OH is 1. The molecule has 1 aliphatic heterocycles. The predicted molar refractivity (Wildman–Crippen MR) is 127 cm³/mol. The zero-order chi connectivity index (χ0) is 24.1. The number of ketones is 1. The third-order valence-electron chi connectivity index (χ3n) is 5.93. The topological polar surface area (TPSA) is 66.8 Å². The number of hydrogen-bond donors (Lipinski definition) is 1. The van der Waals surface area contributed by atoms with E-state index in [-0.39, 0.29) is 17.3 Å². The van der Waals surface area contributed by atoms with Crippen LogP contribution in [0.5, 0.6) is 5.75 Å². The van der Waals surface area contributed by atoms with Crippen LogP contribution in [-0.4, -0.2) is 34.8 Å². The molecule has 0 bridgehead atoms. The summed E-state index contributed by atoms with van der Waals surface area (Å²) in [4.78, 5) is 27.5. The average Bonchev–Trinajstić information content (AvgIpc) is 3.04. The zero-order valence-corrected chi connectivity index (χ0v) is 19.7. The van der Waals surface area contributed by atoms with E-state index in [1.807, 2.05) is 20.8 Å². The second kappa shape index (κ2) is 10.6. The molecule has 1 unspecified atom stereocenters. The first-order chi connectivity index (χ1) is 15.8. The van der Waals surface area contributed by atoms with Crippen molar-refractivity contribution in [2.75, 3.05) is 13.2 Å². The number of likely N-dealkylation sites (tertiary alicyclic amines) is 1. The van der Waals surface area contributed by atoms with Crippen LogP contribution in [0.4, 0.5) is 4.39 Å². The molecule has 1 atom stereocenters. The van der Waals surface area contributed by atoms with Gasteiger partial charge in [-0.05, 0) is 60.7 Å². The van der Waals surface area contributed by atoms with Crippen molar-refractivity contribution in [2.24, 2.45) is 0 Å². The summed E-state index contributed by atoms with van der Waals surface area (Å²) in [5.41, 5.74) is 1.96. The van der Waals surface area contributed by atoms with Crippen LogP contribution in [-0.2, 0) is 9.59 Å². The van der Waals surface area contributed by atoms with Crippen LogP contribution in [0.3, 0.4) is 0 Å². The molecule has 0 radical (unpaired) electrons. The molecule has 1 saturated heterocycles. The highest BCUT2D eigenvalue weighted by Gasteiger charge is 2.45. The van der Waals surface area contributed by atoms with Crippen LogP contribution in [0.2, 0.25) is 0 Å². The summed E-state index contributed by atoms with van der Waals surface area (Å²) >= 11 is 0. The molecule has 0 spiro atoms. The first kappa shape index (κ1) is 24.5. The molecule has 176 valence electrons. The number of rotatable bonds is 9. The Morgan fingerprint density at radius 1 is 1.09 bits per heavy atom. The van der Waals surface area contributed by atoms with Crippen molar-refractivity contribution >= 4 is 17.4 Å². The molecule has 0 saturated carbocycles. The Labute approximate surface area is 194 Å². The van der Waals surface area contributed by atoms with Gasteiger partial charge in [-0.25, -0.2) is 4.39 Å². The smallest absolute Gasteiger partial charge is 0.295 e. The summed E-state index contributed by atoms with van der Waals surface area (Å²) in [5, 5.41) is 11.3. The molecular weight excluding hydrogens is 421 g/mol.